The summed E-state index contributed by atoms with van der Waals surface area (Å²) in [7, 11) is 0. The molecule has 0 aliphatic rings. The summed E-state index contributed by atoms with van der Waals surface area (Å²) < 4.78 is 8.67. The standard InChI is InChI=1S/C54H36N2O/c1-4-15-38(16-5-1)44-21-10-12-24-49(44)55(42-30-27-37(28-31-42)40-29-33-47-46-22-11-13-26-52(46)57-53(47)35-40)43-32-34-50-48(36-43)54-45(39-17-6-2-7-18-39)23-14-25-51(54)56(50)41-19-8-3-9-20-41/h1-36H. The van der Waals surface area contributed by atoms with Crippen molar-refractivity contribution in [1.29, 1.82) is 0 Å². The van der Waals surface area contributed by atoms with E-state index in [0.29, 0.717) is 0 Å². The van der Waals surface area contributed by atoms with Gasteiger partial charge in [0.25, 0.3) is 0 Å². The third-order valence-electron chi connectivity index (χ3n) is 11.2. The largest absolute Gasteiger partial charge is 0.456 e. The van der Waals surface area contributed by atoms with E-state index in [1.165, 1.54) is 33.0 Å². The van der Waals surface area contributed by atoms with Gasteiger partial charge in [-0.2, -0.15) is 0 Å². The van der Waals surface area contributed by atoms with Gasteiger partial charge in [-0.3, -0.25) is 0 Å². The van der Waals surface area contributed by atoms with Crippen molar-refractivity contribution < 1.29 is 4.42 Å². The predicted octanol–water partition coefficient (Wildman–Crippen LogP) is 15.2. The molecule has 0 saturated heterocycles. The molecule has 9 aromatic carbocycles. The molecule has 0 saturated carbocycles. The Hall–Kier alpha value is -7.62. The monoisotopic (exact) mass is 728 g/mol. The van der Waals surface area contributed by atoms with Gasteiger partial charge in [0.2, 0.25) is 0 Å². The summed E-state index contributed by atoms with van der Waals surface area (Å²) in [6, 6.07) is 78.2. The van der Waals surface area contributed by atoms with Gasteiger partial charge in [0.05, 0.1) is 16.7 Å². The van der Waals surface area contributed by atoms with Crippen molar-refractivity contribution >= 4 is 60.8 Å². The molecule has 0 bridgehead atoms. The highest BCUT2D eigenvalue weighted by Crippen LogP contribution is 2.45. The van der Waals surface area contributed by atoms with Gasteiger partial charge in [0, 0.05) is 44.2 Å². The van der Waals surface area contributed by atoms with Crippen molar-refractivity contribution in [1.82, 2.24) is 4.57 Å². The predicted molar refractivity (Wildman–Crippen MR) is 239 cm³/mol. The molecule has 2 aromatic heterocycles. The lowest BCUT2D eigenvalue weighted by atomic mass is 9.98. The fourth-order valence-corrected chi connectivity index (χ4v) is 8.58. The highest BCUT2D eigenvalue weighted by atomic mass is 16.3. The number of hydrogen-bond donors (Lipinski definition) is 0. The summed E-state index contributed by atoms with van der Waals surface area (Å²) in [6.07, 6.45) is 0. The second-order valence-electron chi connectivity index (χ2n) is 14.5. The van der Waals surface area contributed by atoms with Crippen molar-refractivity contribution in [2.45, 2.75) is 0 Å². The van der Waals surface area contributed by atoms with Gasteiger partial charge >= 0.3 is 0 Å². The van der Waals surface area contributed by atoms with E-state index in [-0.39, 0.29) is 0 Å². The van der Waals surface area contributed by atoms with Crippen molar-refractivity contribution in [2.24, 2.45) is 0 Å². The molecule has 11 aromatic rings. The lowest BCUT2D eigenvalue weighted by Gasteiger charge is -2.28. The molecule has 3 nitrogen and oxygen atoms in total. The third-order valence-corrected chi connectivity index (χ3v) is 11.2. The third kappa shape index (κ3) is 5.60. The molecule has 0 unspecified atom stereocenters. The molecule has 0 spiro atoms. The first-order valence-electron chi connectivity index (χ1n) is 19.4. The number of hydrogen-bond acceptors (Lipinski definition) is 2. The van der Waals surface area contributed by atoms with Crippen LogP contribution in [0.1, 0.15) is 0 Å². The summed E-state index contributed by atoms with van der Waals surface area (Å²) in [4.78, 5) is 2.41. The van der Waals surface area contributed by atoms with E-state index in [1.54, 1.807) is 0 Å². The summed E-state index contributed by atoms with van der Waals surface area (Å²) in [5.41, 5.74) is 15.5. The first-order valence-corrected chi connectivity index (χ1v) is 19.4. The van der Waals surface area contributed by atoms with Crippen LogP contribution in [0.5, 0.6) is 0 Å². The fraction of sp³-hybridized carbons (Fsp3) is 0. The number of fused-ring (bicyclic) bond motifs is 6. The number of anilines is 3. The summed E-state index contributed by atoms with van der Waals surface area (Å²) in [5, 5.41) is 4.71. The number of furan rings is 1. The van der Waals surface area contributed by atoms with Crippen LogP contribution >= 0.6 is 0 Å². The quantitative estimate of drug-likeness (QED) is 0.163. The molecule has 0 aliphatic carbocycles. The van der Waals surface area contributed by atoms with Crippen LogP contribution in [-0.4, -0.2) is 4.57 Å². The number of aromatic nitrogens is 1. The van der Waals surface area contributed by atoms with Crippen molar-refractivity contribution in [3.8, 4) is 39.1 Å². The zero-order valence-electron chi connectivity index (χ0n) is 31.1. The Morgan fingerprint density at radius 3 is 1.75 bits per heavy atom. The maximum absolute atomic E-state index is 6.27. The van der Waals surface area contributed by atoms with Gasteiger partial charge in [-0.25, -0.2) is 0 Å². The smallest absolute Gasteiger partial charge is 0.136 e. The Morgan fingerprint density at radius 2 is 0.965 bits per heavy atom. The molecule has 0 N–H and O–H groups in total. The molecule has 0 radical (unpaired) electrons. The zero-order chi connectivity index (χ0) is 37.7. The van der Waals surface area contributed by atoms with Crippen LogP contribution in [0.15, 0.2) is 223 Å². The van der Waals surface area contributed by atoms with Crippen LogP contribution < -0.4 is 4.90 Å². The minimum Gasteiger partial charge on any atom is -0.456 e. The maximum Gasteiger partial charge on any atom is 0.136 e. The highest BCUT2D eigenvalue weighted by Gasteiger charge is 2.21. The van der Waals surface area contributed by atoms with E-state index in [0.717, 1.165) is 66.9 Å². The van der Waals surface area contributed by atoms with E-state index in [2.05, 4.69) is 216 Å². The van der Waals surface area contributed by atoms with Crippen molar-refractivity contribution in [2.75, 3.05) is 4.90 Å². The van der Waals surface area contributed by atoms with E-state index in [1.807, 2.05) is 12.1 Å². The average Bonchev–Trinajstić information content (AvgIpc) is 3.83. The second kappa shape index (κ2) is 13.6. The van der Waals surface area contributed by atoms with Gasteiger partial charge in [-0.1, -0.05) is 146 Å². The molecule has 0 amide bonds. The molecular formula is C54H36N2O. The molecule has 0 aliphatic heterocycles. The average molecular weight is 729 g/mol. The zero-order valence-corrected chi connectivity index (χ0v) is 31.1. The van der Waals surface area contributed by atoms with E-state index in [4.69, 9.17) is 4.42 Å². The Labute approximate surface area is 330 Å². The first-order chi connectivity index (χ1) is 28.3. The van der Waals surface area contributed by atoms with Crippen LogP contribution in [0.2, 0.25) is 0 Å². The fourth-order valence-electron chi connectivity index (χ4n) is 8.58. The number of para-hydroxylation sites is 3. The van der Waals surface area contributed by atoms with Crippen LogP contribution in [0, 0.1) is 0 Å². The minimum absolute atomic E-state index is 0.897. The first kappa shape index (κ1) is 32.8. The second-order valence-corrected chi connectivity index (χ2v) is 14.5. The van der Waals surface area contributed by atoms with E-state index in [9.17, 15) is 0 Å². The lowest BCUT2D eigenvalue weighted by Crippen LogP contribution is -2.11. The summed E-state index contributed by atoms with van der Waals surface area (Å²) in [6.45, 7) is 0. The molecule has 0 fully saturated rings. The van der Waals surface area contributed by atoms with Gasteiger partial charge in [-0.15, -0.1) is 0 Å². The number of rotatable bonds is 7. The van der Waals surface area contributed by atoms with Gasteiger partial charge in [0.15, 0.2) is 0 Å². The van der Waals surface area contributed by atoms with E-state index < -0.39 is 0 Å². The van der Waals surface area contributed by atoms with Gasteiger partial charge in [-0.05, 0) is 101 Å². The Morgan fingerprint density at radius 1 is 0.351 bits per heavy atom. The molecule has 57 heavy (non-hydrogen) atoms. The number of nitrogens with zero attached hydrogens (tertiary/aromatic N) is 2. The highest BCUT2D eigenvalue weighted by molar-refractivity contribution is 6.17. The Balaban J connectivity index is 1.12. The minimum atomic E-state index is 0.897. The molecule has 0 atom stereocenters. The molecule has 3 heteroatoms. The number of benzene rings is 9. The van der Waals surface area contributed by atoms with Gasteiger partial charge in [0.1, 0.15) is 11.2 Å². The van der Waals surface area contributed by atoms with Crippen LogP contribution in [0.3, 0.4) is 0 Å². The molecule has 268 valence electrons. The molecule has 2 heterocycles. The molecular weight excluding hydrogens is 693 g/mol. The van der Waals surface area contributed by atoms with E-state index >= 15 is 0 Å². The topological polar surface area (TPSA) is 21.3 Å². The van der Waals surface area contributed by atoms with Gasteiger partial charge < -0.3 is 13.9 Å². The lowest BCUT2D eigenvalue weighted by molar-refractivity contribution is 0.669. The normalized spacial score (nSPS) is 11.5. The van der Waals surface area contributed by atoms with Crippen LogP contribution in [0.4, 0.5) is 17.1 Å². The summed E-state index contributed by atoms with van der Waals surface area (Å²) in [5.74, 6) is 0. The van der Waals surface area contributed by atoms with Crippen LogP contribution in [0.25, 0.3) is 82.8 Å². The Bertz CT molecular complexity index is 3220. The van der Waals surface area contributed by atoms with Crippen LogP contribution in [-0.2, 0) is 0 Å². The Kier molecular flexibility index (Phi) is 7.82. The molecule has 11 rings (SSSR count). The maximum atomic E-state index is 6.27. The summed E-state index contributed by atoms with van der Waals surface area (Å²) >= 11 is 0. The SMILES string of the molecule is c1ccc(-c2ccccc2N(c2ccc(-c3ccc4c(c3)oc3ccccc34)cc2)c2ccc3c(c2)c2c(-c4ccccc4)cccc2n3-c2ccccc2)cc1. The van der Waals surface area contributed by atoms with Crippen molar-refractivity contribution in [3.05, 3.63) is 218 Å². The van der Waals surface area contributed by atoms with Crippen molar-refractivity contribution in [3.63, 3.8) is 0 Å².